The Kier molecular flexibility index (Phi) is 4.65. The van der Waals surface area contributed by atoms with Gasteiger partial charge in [-0.2, -0.15) is 5.26 Å². The summed E-state index contributed by atoms with van der Waals surface area (Å²) in [6.45, 7) is 1.66. The number of carbonyl (C=O) groups is 3. The van der Waals surface area contributed by atoms with Gasteiger partial charge in [-0.3, -0.25) is 9.59 Å². The minimum atomic E-state index is -2.10. The van der Waals surface area contributed by atoms with Gasteiger partial charge in [0.05, 0.1) is 23.5 Å². The van der Waals surface area contributed by atoms with Gasteiger partial charge in [-0.1, -0.05) is 54.6 Å². The van der Waals surface area contributed by atoms with E-state index in [-0.39, 0.29) is 40.7 Å². The summed E-state index contributed by atoms with van der Waals surface area (Å²) in [7, 11) is 1.49. The standard InChI is InChI=1S/C26H19N3O5/c1-3-33-24(31)18-20(14-9-5-4-6-10-14)29(2)25(32)26(18)17(13-27)23(28)34-22-16-12-8-7-11-15(16)21(30)19(22)26/h4-12H,3,28H2,1-2H3. The number of hydrogen-bond acceptors (Lipinski definition) is 7. The molecule has 1 spiro atoms. The van der Waals surface area contributed by atoms with Crippen molar-refractivity contribution in [1.82, 2.24) is 4.90 Å². The second-order valence-electron chi connectivity index (χ2n) is 7.96. The van der Waals surface area contributed by atoms with Gasteiger partial charge in [-0.05, 0) is 12.5 Å². The minimum absolute atomic E-state index is 0.0239. The molecule has 0 bridgehead atoms. The maximum Gasteiger partial charge on any atom is 0.337 e. The van der Waals surface area contributed by atoms with E-state index in [1.807, 2.05) is 6.07 Å². The zero-order valence-electron chi connectivity index (χ0n) is 18.4. The second-order valence-corrected chi connectivity index (χ2v) is 7.96. The Morgan fingerprint density at radius 2 is 1.76 bits per heavy atom. The molecule has 1 amide bonds. The lowest BCUT2D eigenvalue weighted by Gasteiger charge is -2.34. The van der Waals surface area contributed by atoms with Crippen molar-refractivity contribution in [2.75, 3.05) is 13.7 Å². The number of fused-ring (bicyclic) bond motifs is 3. The van der Waals surface area contributed by atoms with E-state index in [4.69, 9.17) is 15.2 Å². The van der Waals surface area contributed by atoms with Gasteiger partial charge in [-0.15, -0.1) is 0 Å². The first-order chi connectivity index (χ1) is 16.4. The number of ether oxygens (including phenoxy) is 2. The summed E-state index contributed by atoms with van der Waals surface area (Å²) in [5.41, 5.74) is 5.03. The summed E-state index contributed by atoms with van der Waals surface area (Å²) in [4.78, 5) is 42.7. The molecule has 0 radical (unpaired) electrons. The molecule has 34 heavy (non-hydrogen) atoms. The molecule has 2 N–H and O–H groups in total. The zero-order valence-corrected chi connectivity index (χ0v) is 18.4. The highest BCUT2D eigenvalue weighted by atomic mass is 16.5. The van der Waals surface area contributed by atoms with E-state index in [0.29, 0.717) is 16.7 Å². The Morgan fingerprint density at radius 1 is 1.12 bits per heavy atom. The van der Waals surface area contributed by atoms with E-state index in [9.17, 15) is 19.6 Å². The third kappa shape index (κ3) is 2.49. The third-order valence-corrected chi connectivity index (χ3v) is 6.29. The molecule has 0 saturated carbocycles. The molecule has 1 unspecified atom stereocenters. The van der Waals surface area contributed by atoms with Crippen LogP contribution in [0.5, 0.6) is 0 Å². The quantitative estimate of drug-likeness (QED) is 0.709. The fraction of sp³-hybridized carbons (Fsp3) is 0.154. The number of nitriles is 1. The van der Waals surface area contributed by atoms with Gasteiger partial charge in [-0.25, -0.2) is 4.79 Å². The van der Waals surface area contributed by atoms with Crippen LogP contribution in [0.2, 0.25) is 0 Å². The maximum atomic E-state index is 14.1. The number of ketones is 1. The van der Waals surface area contributed by atoms with E-state index in [1.165, 1.54) is 11.9 Å². The van der Waals surface area contributed by atoms with Crippen molar-refractivity contribution < 1.29 is 23.9 Å². The average molecular weight is 453 g/mol. The molecule has 1 aliphatic carbocycles. The fourth-order valence-electron chi connectivity index (χ4n) is 4.96. The molecule has 0 saturated heterocycles. The molecule has 0 aromatic heterocycles. The molecular weight excluding hydrogens is 434 g/mol. The summed E-state index contributed by atoms with van der Waals surface area (Å²) < 4.78 is 11.1. The highest BCUT2D eigenvalue weighted by Crippen LogP contribution is 2.60. The van der Waals surface area contributed by atoms with Crippen molar-refractivity contribution in [2.45, 2.75) is 6.92 Å². The summed E-state index contributed by atoms with van der Waals surface area (Å²) in [5, 5.41) is 10.2. The van der Waals surface area contributed by atoms with Crippen LogP contribution in [0, 0.1) is 16.7 Å². The summed E-state index contributed by atoms with van der Waals surface area (Å²) >= 11 is 0. The van der Waals surface area contributed by atoms with Crippen molar-refractivity contribution in [3.8, 4) is 6.07 Å². The molecule has 2 aliphatic heterocycles. The molecule has 2 aromatic carbocycles. The van der Waals surface area contributed by atoms with Gasteiger partial charge in [0.2, 0.25) is 11.8 Å². The monoisotopic (exact) mass is 453 g/mol. The molecule has 0 fully saturated rings. The van der Waals surface area contributed by atoms with Crippen molar-refractivity contribution in [2.24, 2.45) is 11.1 Å². The van der Waals surface area contributed by atoms with E-state index in [1.54, 1.807) is 61.5 Å². The second kappa shape index (κ2) is 7.46. The Morgan fingerprint density at radius 3 is 2.41 bits per heavy atom. The maximum absolute atomic E-state index is 14.1. The Labute approximate surface area is 195 Å². The number of benzene rings is 2. The molecule has 1 atom stereocenters. The Hall–Kier alpha value is -4.64. The molecular formula is C26H19N3O5. The average Bonchev–Trinajstić information content (AvgIpc) is 3.25. The normalized spacial score (nSPS) is 21.0. The number of nitrogens with zero attached hydrogens (tertiary/aromatic N) is 2. The van der Waals surface area contributed by atoms with E-state index in [2.05, 4.69) is 0 Å². The van der Waals surface area contributed by atoms with Crippen molar-refractivity contribution in [3.05, 3.63) is 93.9 Å². The van der Waals surface area contributed by atoms with Crippen molar-refractivity contribution >= 4 is 29.1 Å². The van der Waals surface area contributed by atoms with Crippen LogP contribution in [-0.4, -0.2) is 36.2 Å². The van der Waals surface area contributed by atoms with Crippen LogP contribution in [0.25, 0.3) is 11.5 Å². The predicted octanol–water partition coefficient (Wildman–Crippen LogP) is 2.75. The molecule has 5 rings (SSSR count). The summed E-state index contributed by atoms with van der Waals surface area (Å²) in [6.07, 6.45) is 0. The van der Waals surface area contributed by atoms with Crippen LogP contribution < -0.4 is 5.73 Å². The van der Waals surface area contributed by atoms with Crippen LogP contribution in [0.1, 0.15) is 28.4 Å². The molecule has 8 nitrogen and oxygen atoms in total. The van der Waals surface area contributed by atoms with Gasteiger partial charge in [0.25, 0.3) is 0 Å². The smallest absolute Gasteiger partial charge is 0.337 e. The first-order valence-electron chi connectivity index (χ1n) is 10.6. The van der Waals surface area contributed by atoms with Crippen LogP contribution >= 0.6 is 0 Å². The summed E-state index contributed by atoms with van der Waals surface area (Å²) in [6, 6.07) is 17.4. The number of Topliss-reactive ketones (excluding diaryl/α,β-unsaturated/α-hetero) is 1. The van der Waals surface area contributed by atoms with Gasteiger partial charge >= 0.3 is 5.97 Å². The third-order valence-electron chi connectivity index (χ3n) is 6.29. The fourth-order valence-corrected chi connectivity index (χ4v) is 4.96. The van der Waals surface area contributed by atoms with Crippen molar-refractivity contribution in [3.63, 3.8) is 0 Å². The molecule has 2 aromatic rings. The van der Waals surface area contributed by atoms with E-state index in [0.717, 1.165) is 0 Å². The van der Waals surface area contributed by atoms with Gasteiger partial charge in [0.1, 0.15) is 17.4 Å². The number of rotatable bonds is 3. The van der Waals surface area contributed by atoms with Crippen LogP contribution in [-0.2, 0) is 19.1 Å². The zero-order chi connectivity index (χ0) is 24.2. The molecule has 3 aliphatic rings. The van der Waals surface area contributed by atoms with Gasteiger partial charge < -0.3 is 20.1 Å². The highest BCUT2D eigenvalue weighted by Gasteiger charge is 2.66. The van der Waals surface area contributed by atoms with Crippen LogP contribution in [0.4, 0.5) is 0 Å². The van der Waals surface area contributed by atoms with Crippen LogP contribution in [0.15, 0.2) is 77.2 Å². The number of carbonyl (C=O) groups excluding carboxylic acids is 3. The highest BCUT2D eigenvalue weighted by molar-refractivity contribution is 6.29. The lowest BCUT2D eigenvalue weighted by molar-refractivity contribution is -0.141. The van der Waals surface area contributed by atoms with E-state index < -0.39 is 23.1 Å². The number of esters is 1. The topological polar surface area (TPSA) is 123 Å². The van der Waals surface area contributed by atoms with Crippen LogP contribution in [0.3, 0.4) is 0 Å². The van der Waals surface area contributed by atoms with Gasteiger partial charge in [0.15, 0.2) is 11.2 Å². The number of hydrogen-bond donors (Lipinski definition) is 1. The largest absolute Gasteiger partial charge is 0.463 e. The van der Waals surface area contributed by atoms with Gasteiger partial charge in [0, 0.05) is 18.2 Å². The Bertz CT molecular complexity index is 1430. The first kappa shape index (κ1) is 21.2. The van der Waals surface area contributed by atoms with Crippen molar-refractivity contribution in [1.29, 1.82) is 5.26 Å². The summed E-state index contributed by atoms with van der Waals surface area (Å²) in [5.74, 6) is -2.27. The molecule has 8 heteroatoms. The SMILES string of the molecule is CCOC(=O)C1=C(c2ccccc2)N(C)C(=O)C12C(C#N)=C(N)OC1=C2C(=O)c2ccccc21. The number of nitrogens with two attached hydrogens (primary N) is 1. The number of amides is 1. The first-order valence-corrected chi connectivity index (χ1v) is 10.6. The lowest BCUT2D eigenvalue weighted by Crippen LogP contribution is -2.45. The Balaban J connectivity index is 1.94. The molecule has 2 heterocycles. The lowest BCUT2D eigenvalue weighted by atomic mass is 9.66. The van der Waals surface area contributed by atoms with E-state index >= 15 is 0 Å². The minimum Gasteiger partial charge on any atom is -0.463 e. The predicted molar refractivity (Wildman–Crippen MR) is 121 cm³/mol. The molecule has 168 valence electrons.